The Morgan fingerprint density at radius 2 is 2.05 bits per heavy atom. The minimum atomic E-state index is -0.333. The fraction of sp³-hybridized carbons (Fsp3) is 0.333. The summed E-state index contributed by atoms with van der Waals surface area (Å²) in [6, 6.07) is 4.89. The lowest BCUT2D eigenvalue weighted by atomic mass is 10.2. The van der Waals surface area contributed by atoms with Gasteiger partial charge in [-0.3, -0.25) is 9.59 Å². The molecule has 4 N–H and O–H groups in total. The summed E-state index contributed by atoms with van der Waals surface area (Å²) in [5.41, 5.74) is 6.35. The summed E-state index contributed by atoms with van der Waals surface area (Å²) in [5, 5.41) is 5.26. The molecule has 19 heavy (non-hydrogen) atoms. The van der Waals surface area contributed by atoms with Crippen LogP contribution >= 0.6 is 11.6 Å². The molecule has 0 aliphatic rings. The Hall–Kier alpha value is -1.79. The number of hydrogen-bond donors (Lipinski definition) is 3. The number of anilines is 2. The number of halogens is 1. The van der Waals surface area contributed by atoms with Gasteiger partial charge in [0.2, 0.25) is 11.8 Å². The maximum atomic E-state index is 11.4. The molecule has 1 aromatic rings. The van der Waals surface area contributed by atoms with Crippen LogP contribution in [0, 0.1) is 0 Å². The van der Waals surface area contributed by atoms with E-state index in [9.17, 15) is 9.59 Å². The second kappa shape index (κ2) is 7.60. The number of nitrogens with one attached hydrogen (secondary N) is 2. The lowest BCUT2D eigenvalue weighted by molar-refractivity contribution is -0.116. The van der Waals surface area contributed by atoms with Crippen molar-refractivity contribution >= 4 is 34.8 Å². The van der Waals surface area contributed by atoms with Gasteiger partial charge in [0.15, 0.2) is 0 Å². The average molecular weight is 286 g/mol. The lowest BCUT2D eigenvalue weighted by Gasteiger charge is -2.12. The molecule has 0 bridgehead atoms. The highest BCUT2D eigenvalue weighted by Gasteiger charge is 2.09. The second-order valence-corrected chi connectivity index (χ2v) is 3.95. The zero-order chi connectivity index (χ0) is 14.3. The lowest BCUT2D eigenvalue weighted by Crippen LogP contribution is -2.16. The van der Waals surface area contributed by atoms with Crippen molar-refractivity contribution in [1.82, 2.24) is 0 Å². The third kappa shape index (κ3) is 4.76. The molecule has 0 aliphatic carbocycles. The van der Waals surface area contributed by atoms with Crippen molar-refractivity contribution in [2.24, 2.45) is 5.73 Å². The van der Waals surface area contributed by atoms with E-state index in [0.717, 1.165) is 0 Å². The van der Waals surface area contributed by atoms with Crippen LogP contribution in [0.25, 0.3) is 0 Å². The molecule has 0 heterocycles. The van der Waals surface area contributed by atoms with Crippen molar-refractivity contribution in [3.05, 3.63) is 18.2 Å². The summed E-state index contributed by atoms with van der Waals surface area (Å²) in [6.07, 6.45) is 0.243. The van der Waals surface area contributed by atoms with Gasteiger partial charge in [0.1, 0.15) is 11.6 Å². The molecule has 0 atom stereocenters. The molecule has 1 aromatic carbocycles. The summed E-state index contributed by atoms with van der Waals surface area (Å²) in [5.74, 6) is -0.219. The van der Waals surface area contributed by atoms with E-state index < -0.39 is 0 Å². The van der Waals surface area contributed by atoms with E-state index in [0.29, 0.717) is 17.1 Å². The molecule has 2 amide bonds. The van der Waals surface area contributed by atoms with Gasteiger partial charge in [0, 0.05) is 24.7 Å². The van der Waals surface area contributed by atoms with Gasteiger partial charge >= 0.3 is 0 Å². The number of ether oxygens (including phenoxy) is 1. The van der Waals surface area contributed by atoms with Crippen LogP contribution in [0.5, 0.6) is 5.75 Å². The second-order valence-electron chi connectivity index (χ2n) is 3.68. The minimum Gasteiger partial charge on any atom is -0.494 e. The SMILES string of the molecule is COc1cc(NC(=O)CCN)ccc1NC(=O)CCl. The molecular formula is C12H16ClN3O3. The smallest absolute Gasteiger partial charge is 0.239 e. The van der Waals surface area contributed by atoms with Gasteiger partial charge in [-0.1, -0.05) is 0 Å². The number of carbonyl (C=O) groups excluding carboxylic acids is 2. The number of rotatable bonds is 6. The standard InChI is InChI=1S/C12H16ClN3O3/c1-19-10-6-8(15-11(17)4-5-14)2-3-9(10)16-12(18)7-13/h2-3,6H,4-5,7,14H2,1H3,(H,15,17)(H,16,18). The van der Waals surface area contributed by atoms with Crippen molar-refractivity contribution < 1.29 is 14.3 Å². The zero-order valence-corrected chi connectivity index (χ0v) is 11.3. The van der Waals surface area contributed by atoms with E-state index in [1.54, 1.807) is 18.2 Å². The Morgan fingerprint density at radius 1 is 1.32 bits per heavy atom. The Labute approximate surface area is 116 Å². The highest BCUT2D eigenvalue weighted by molar-refractivity contribution is 6.29. The van der Waals surface area contributed by atoms with Gasteiger partial charge < -0.3 is 21.1 Å². The van der Waals surface area contributed by atoms with E-state index in [1.807, 2.05) is 0 Å². The summed E-state index contributed by atoms with van der Waals surface area (Å²) in [6.45, 7) is 0.285. The monoisotopic (exact) mass is 285 g/mol. The summed E-state index contributed by atoms with van der Waals surface area (Å²) in [4.78, 5) is 22.6. The van der Waals surface area contributed by atoms with Crippen LogP contribution in [0.1, 0.15) is 6.42 Å². The van der Waals surface area contributed by atoms with Crippen molar-refractivity contribution in [2.45, 2.75) is 6.42 Å². The van der Waals surface area contributed by atoms with Gasteiger partial charge in [0.25, 0.3) is 0 Å². The first kappa shape index (κ1) is 15.3. The predicted octanol–water partition coefficient (Wildman–Crippen LogP) is 1.16. The van der Waals surface area contributed by atoms with Crippen LogP contribution in [-0.2, 0) is 9.59 Å². The van der Waals surface area contributed by atoms with Crippen LogP contribution in [0.15, 0.2) is 18.2 Å². The number of benzene rings is 1. The van der Waals surface area contributed by atoms with Gasteiger partial charge in [-0.05, 0) is 12.1 Å². The molecule has 6 nitrogen and oxygen atoms in total. The predicted molar refractivity (Wildman–Crippen MR) is 74.6 cm³/mol. The fourth-order valence-corrected chi connectivity index (χ4v) is 1.48. The molecule has 0 aromatic heterocycles. The Balaban J connectivity index is 2.83. The number of amides is 2. The third-order valence-corrected chi connectivity index (χ3v) is 2.49. The summed E-state index contributed by atoms with van der Waals surface area (Å²) < 4.78 is 5.14. The largest absolute Gasteiger partial charge is 0.494 e. The molecule has 7 heteroatoms. The van der Waals surface area contributed by atoms with Crippen LogP contribution in [0.3, 0.4) is 0 Å². The normalized spacial score (nSPS) is 9.84. The third-order valence-electron chi connectivity index (χ3n) is 2.25. The number of hydrogen-bond acceptors (Lipinski definition) is 4. The van der Waals surface area contributed by atoms with Crippen LogP contribution < -0.4 is 21.1 Å². The maximum absolute atomic E-state index is 11.4. The number of nitrogens with two attached hydrogens (primary N) is 1. The molecule has 0 aliphatic heterocycles. The van der Waals surface area contributed by atoms with Crippen LogP contribution in [-0.4, -0.2) is 31.3 Å². The number of carbonyl (C=O) groups is 2. The van der Waals surface area contributed by atoms with E-state index in [2.05, 4.69) is 10.6 Å². The first-order chi connectivity index (χ1) is 9.10. The zero-order valence-electron chi connectivity index (χ0n) is 10.5. The maximum Gasteiger partial charge on any atom is 0.239 e. The average Bonchev–Trinajstić information content (AvgIpc) is 2.40. The van der Waals surface area contributed by atoms with E-state index >= 15 is 0 Å². The Bertz CT molecular complexity index is 466. The van der Waals surface area contributed by atoms with Crippen LogP contribution in [0.4, 0.5) is 11.4 Å². The minimum absolute atomic E-state index is 0.141. The highest BCUT2D eigenvalue weighted by atomic mass is 35.5. The van der Waals surface area contributed by atoms with E-state index in [4.69, 9.17) is 22.1 Å². The van der Waals surface area contributed by atoms with Crippen molar-refractivity contribution in [2.75, 3.05) is 30.2 Å². The quantitative estimate of drug-likeness (QED) is 0.684. The number of alkyl halides is 1. The van der Waals surface area contributed by atoms with Crippen molar-refractivity contribution in [1.29, 1.82) is 0 Å². The Morgan fingerprint density at radius 3 is 2.63 bits per heavy atom. The van der Waals surface area contributed by atoms with Gasteiger partial charge in [0.05, 0.1) is 12.8 Å². The molecule has 104 valence electrons. The van der Waals surface area contributed by atoms with Crippen molar-refractivity contribution in [3.8, 4) is 5.75 Å². The summed E-state index contributed by atoms with van der Waals surface area (Å²) in [7, 11) is 1.47. The molecule has 0 unspecified atom stereocenters. The van der Waals surface area contributed by atoms with E-state index in [-0.39, 0.29) is 30.7 Å². The molecule has 0 saturated carbocycles. The molecule has 0 fully saturated rings. The highest BCUT2D eigenvalue weighted by Crippen LogP contribution is 2.28. The molecule has 0 spiro atoms. The van der Waals surface area contributed by atoms with E-state index in [1.165, 1.54) is 7.11 Å². The van der Waals surface area contributed by atoms with Crippen LogP contribution in [0.2, 0.25) is 0 Å². The summed E-state index contributed by atoms with van der Waals surface area (Å²) >= 11 is 5.41. The molecular weight excluding hydrogens is 270 g/mol. The molecule has 0 radical (unpaired) electrons. The van der Waals surface area contributed by atoms with Gasteiger partial charge in [-0.2, -0.15) is 0 Å². The fourth-order valence-electron chi connectivity index (χ4n) is 1.41. The molecule has 1 rings (SSSR count). The first-order valence-corrected chi connectivity index (χ1v) is 6.18. The number of methoxy groups -OCH3 is 1. The van der Waals surface area contributed by atoms with Crippen molar-refractivity contribution in [3.63, 3.8) is 0 Å². The van der Waals surface area contributed by atoms with Gasteiger partial charge in [-0.25, -0.2) is 0 Å². The first-order valence-electron chi connectivity index (χ1n) is 5.64. The topological polar surface area (TPSA) is 93.4 Å². The van der Waals surface area contributed by atoms with Gasteiger partial charge in [-0.15, -0.1) is 11.6 Å². The Kier molecular flexibility index (Phi) is 6.11. The molecule has 0 saturated heterocycles.